The largest absolute Gasteiger partial charge is 6.00 e. The molecular formula is C14H16CrO3Si+6. The Bertz CT molecular complexity index is 404. The summed E-state index contributed by atoms with van der Waals surface area (Å²) in [6.45, 7) is 20.9. The molecule has 1 aliphatic carbocycles. The van der Waals surface area contributed by atoms with Crippen molar-refractivity contribution in [1.29, 1.82) is 0 Å². The topological polar surface area (TPSA) is 59.7 Å². The van der Waals surface area contributed by atoms with Crippen LogP contribution in [0.15, 0.2) is 24.3 Å². The van der Waals surface area contributed by atoms with Gasteiger partial charge in [-0.25, -0.2) is 0 Å². The summed E-state index contributed by atoms with van der Waals surface area (Å²) >= 11 is 0. The fourth-order valence-corrected chi connectivity index (χ4v) is 4.08. The third-order valence-electron chi connectivity index (χ3n) is 2.90. The van der Waals surface area contributed by atoms with Gasteiger partial charge in [0.2, 0.25) is 0 Å². The minimum atomic E-state index is -0.925. The molecule has 0 N–H and O–H groups in total. The number of fused-ring (bicyclic) bond motifs is 1. The average molecular weight is 312 g/mol. The summed E-state index contributed by atoms with van der Waals surface area (Å²) in [5.74, 6) is 0. The molecule has 0 fully saturated rings. The molecule has 1 aromatic rings. The van der Waals surface area contributed by atoms with E-state index in [1.54, 1.807) is 11.1 Å². The van der Waals surface area contributed by atoms with Gasteiger partial charge in [0.25, 0.3) is 0 Å². The predicted molar refractivity (Wildman–Crippen MR) is 68.0 cm³/mol. The van der Waals surface area contributed by atoms with Crippen molar-refractivity contribution in [1.82, 2.24) is 0 Å². The van der Waals surface area contributed by atoms with E-state index in [1.807, 2.05) is 0 Å². The zero-order valence-electron chi connectivity index (χ0n) is 11.2. The summed E-state index contributed by atoms with van der Waals surface area (Å²) in [5.41, 5.74) is 4.15. The third kappa shape index (κ3) is 6.78. The van der Waals surface area contributed by atoms with Crippen molar-refractivity contribution in [2.45, 2.75) is 31.6 Å². The molecule has 94 valence electrons. The van der Waals surface area contributed by atoms with E-state index in [0.29, 0.717) is 0 Å². The fraction of sp³-hybridized carbons (Fsp3) is 0.357. The Morgan fingerprint density at radius 1 is 0.947 bits per heavy atom. The Balaban J connectivity index is -0.000000325. The van der Waals surface area contributed by atoms with Crippen LogP contribution in [0.2, 0.25) is 19.6 Å². The zero-order valence-corrected chi connectivity index (χ0v) is 13.5. The van der Waals surface area contributed by atoms with E-state index >= 15 is 0 Å². The van der Waals surface area contributed by atoms with Crippen LogP contribution in [-0.2, 0) is 37.7 Å². The van der Waals surface area contributed by atoms with Crippen molar-refractivity contribution in [3.8, 4) is 0 Å². The first-order valence-electron chi connectivity index (χ1n) is 5.28. The Kier molecular flexibility index (Phi) is 15.0. The predicted octanol–water partition coefficient (Wildman–Crippen LogP) is 3.09. The molecule has 1 atom stereocenters. The number of hydrogen-bond acceptors (Lipinski definition) is 0. The van der Waals surface area contributed by atoms with Crippen molar-refractivity contribution in [2.75, 3.05) is 0 Å². The molecule has 0 radical (unpaired) electrons. The zero-order chi connectivity index (χ0) is 14.8. The van der Waals surface area contributed by atoms with Crippen LogP contribution >= 0.6 is 0 Å². The van der Waals surface area contributed by atoms with Crippen molar-refractivity contribution in [2.24, 2.45) is 0 Å². The van der Waals surface area contributed by atoms with Gasteiger partial charge in [-0.3, -0.25) is 0 Å². The first-order valence-corrected chi connectivity index (χ1v) is 8.86. The molecule has 2 rings (SSSR count). The molecule has 0 spiro atoms. The molecule has 1 aliphatic rings. The minimum absolute atomic E-state index is 0. The normalized spacial score (nSPS) is 13.8. The molecular weight excluding hydrogens is 296 g/mol. The van der Waals surface area contributed by atoms with E-state index in [2.05, 4.69) is 63.9 Å². The van der Waals surface area contributed by atoms with Gasteiger partial charge < -0.3 is 0 Å². The molecule has 19 heavy (non-hydrogen) atoms. The van der Waals surface area contributed by atoms with Gasteiger partial charge in [0.05, 0.1) is 8.07 Å². The van der Waals surface area contributed by atoms with Crippen molar-refractivity contribution in [3.05, 3.63) is 55.3 Å². The van der Waals surface area contributed by atoms with Gasteiger partial charge in [-0.15, -0.1) is 0 Å². The summed E-state index contributed by atoms with van der Waals surface area (Å²) in [7, 11) is -0.925. The molecule has 5 heteroatoms. The fourth-order valence-electron chi connectivity index (χ4n) is 2.03. The van der Waals surface area contributed by atoms with Gasteiger partial charge in [-0.05, 0) is 23.1 Å². The van der Waals surface area contributed by atoms with Gasteiger partial charge in [0, 0.05) is 0 Å². The van der Waals surface area contributed by atoms with E-state index in [1.165, 1.54) is 6.42 Å². The maximum atomic E-state index is 7.50. The second-order valence-corrected chi connectivity index (χ2v) is 10.3. The van der Waals surface area contributed by atoms with E-state index in [-0.39, 0.29) is 17.4 Å². The van der Waals surface area contributed by atoms with Crippen LogP contribution in [0.25, 0.3) is 0 Å². The Hall–Kier alpha value is -0.811. The number of benzene rings is 1. The maximum Gasteiger partial charge on any atom is 6.00 e. The minimum Gasteiger partial charge on any atom is 6.00 e. The van der Waals surface area contributed by atoms with E-state index in [9.17, 15) is 0 Å². The van der Waals surface area contributed by atoms with Crippen molar-refractivity contribution in [3.63, 3.8) is 0 Å². The Labute approximate surface area is 126 Å². The molecule has 3 nitrogen and oxygen atoms in total. The Morgan fingerprint density at radius 2 is 1.37 bits per heavy atom. The molecule has 0 heterocycles. The van der Waals surface area contributed by atoms with Crippen LogP contribution in [0.5, 0.6) is 0 Å². The van der Waals surface area contributed by atoms with Crippen LogP contribution in [0, 0.1) is 20.0 Å². The van der Waals surface area contributed by atoms with Gasteiger partial charge in [0.1, 0.15) is 0 Å². The molecule has 0 aromatic heterocycles. The van der Waals surface area contributed by atoms with Gasteiger partial charge >= 0.3 is 51.3 Å². The van der Waals surface area contributed by atoms with Gasteiger partial charge in [-0.1, -0.05) is 43.9 Å². The quantitative estimate of drug-likeness (QED) is 0.435. The molecule has 0 saturated carbocycles. The number of hydrogen-bond donors (Lipinski definition) is 0. The van der Waals surface area contributed by atoms with E-state index in [0.717, 1.165) is 5.54 Å². The SMILES string of the molecule is C[Si](C)(C)C1Cc2ccccc21.[C-]#[O+].[C-]#[O+].[C-]#[O+].[Cr+6]. The summed E-state index contributed by atoms with van der Waals surface area (Å²) in [4.78, 5) is 0. The summed E-state index contributed by atoms with van der Waals surface area (Å²) in [5, 5.41) is 0. The molecule has 0 aliphatic heterocycles. The first-order chi connectivity index (χ1) is 8.59. The van der Waals surface area contributed by atoms with E-state index in [4.69, 9.17) is 14.0 Å². The molecule has 0 bridgehead atoms. The van der Waals surface area contributed by atoms with Crippen LogP contribution in [0.1, 0.15) is 16.7 Å². The van der Waals surface area contributed by atoms with Crippen LogP contribution in [0.4, 0.5) is 0 Å². The third-order valence-corrected chi connectivity index (χ3v) is 5.51. The second kappa shape index (κ2) is 12.2. The van der Waals surface area contributed by atoms with Crippen LogP contribution in [-0.4, -0.2) is 8.07 Å². The molecule has 1 aromatic carbocycles. The number of rotatable bonds is 1. The maximum absolute atomic E-state index is 7.50. The van der Waals surface area contributed by atoms with Crippen molar-refractivity contribution >= 4 is 8.07 Å². The van der Waals surface area contributed by atoms with Gasteiger partial charge in [-0.2, -0.15) is 0 Å². The van der Waals surface area contributed by atoms with Crippen LogP contribution in [0.3, 0.4) is 0 Å². The summed E-state index contributed by atoms with van der Waals surface area (Å²) in [6, 6.07) is 8.90. The van der Waals surface area contributed by atoms with Crippen molar-refractivity contribution < 1.29 is 31.3 Å². The monoisotopic (exact) mass is 312 g/mol. The van der Waals surface area contributed by atoms with Gasteiger partial charge in [0.15, 0.2) is 0 Å². The standard InChI is InChI=1S/C11H16Si.3CO.Cr/c1-12(2,3)11-8-9-6-4-5-7-10(9)11;3*1-2;/h4-7,11H,8H2,1-3H3;;;;/q;;;;+6. The Morgan fingerprint density at radius 3 is 1.74 bits per heavy atom. The van der Waals surface area contributed by atoms with Crippen LogP contribution < -0.4 is 0 Å². The second-order valence-electron chi connectivity index (χ2n) is 4.82. The molecule has 0 saturated heterocycles. The first kappa shape index (κ1) is 23.3. The molecule has 1 unspecified atom stereocenters. The molecule has 0 amide bonds. The van der Waals surface area contributed by atoms with E-state index < -0.39 is 8.07 Å². The summed E-state index contributed by atoms with van der Waals surface area (Å²) in [6.07, 6.45) is 1.34. The summed E-state index contributed by atoms with van der Waals surface area (Å²) < 4.78 is 22.5. The smallest absolute Gasteiger partial charge is 6.00 e. The average Bonchev–Trinajstić information content (AvgIpc) is 2.37.